The Morgan fingerprint density at radius 2 is 2.00 bits per heavy atom. The number of fused-ring (bicyclic) bond motifs is 1. The second kappa shape index (κ2) is 2.96. The molecule has 15 heavy (non-hydrogen) atoms. The molecule has 1 saturated carbocycles. The molecule has 1 aromatic carbocycles. The lowest BCUT2D eigenvalue weighted by molar-refractivity contribution is 0.714. The molecule has 0 amide bonds. The van der Waals surface area contributed by atoms with Gasteiger partial charge in [-0.15, -0.1) is 0 Å². The third kappa shape index (κ3) is 1.29. The van der Waals surface area contributed by atoms with Crippen LogP contribution in [0.1, 0.15) is 24.4 Å². The van der Waals surface area contributed by atoms with Gasteiger partial charge < -0.3 is 4.57 Å². The first kappa shape index (κ1) is 8.72. The molecule has 2 nitrogen and oxygen atoms in total. The van der Waals surface area contributed by atoms with Gasteiger partial charge in [0.1, 0.15) is 0 Å². The number of rotatable bonds is 1. The number of aromatic nitrogens is 1. The van der Waals surface area contributed by atoms with Crippen LogP contribution in [-0.2, 0) is 0 Å². The van der Waals surface area contributed by atoms with E-state index in [0.717, 1.165) is 23.6 Å². The zero-order valence-corrected chi connectivity index (χ0v) is 8.73. The van der Waals surface area contributed by atoms with Crippen molar-refractivity contribution in [1.82, 2.24) is 4.57 Å². The van der Waals surface area contributed by atoms with Crippen LogP contribution in [-0.4, -0.2) is 4.57 Å². The van der Waals surface area contributed by atoms with Crippen molar-refractivity contribution in [2.75, 3.05) is 0 Å². The minimum atomic E-state index is 0.165. The maximum absolute atomic E-state index is 12.1. The summed E-state index contributed by atoms with van der Waals surface area (Å²) in [7, 11) is 0. The van der Waals surface area contributed by atoms with Crippen LogP contribution in [0.25, 0.3) is 10.8 Å². The van der Waals surface area contributed by atoms with Gasteiger partial charge in [-0.25, -0.2) is 0 Å². The van der Waals surface area contributed by atoms with E-state index in [9.17, 15) is 4.79 Å². The first-order valence-corrected chi connectivity index (χ1v) is 5.38. The van der Waals surface area contributed by atoms with Gasteiger partial charge >= 0.3 is 0 Å². The summed E-state index contributed by atoms with van der Waals surface area (Å²) in [6.07, 6.45) is 4.24. The van der Waals surface area contributed by atoms with Crippen LogP contribution in [0.5, 0.6) is 0 Å². The van der Waals surface area contributed by atoms with Crippen LogP contribution in [0.15, 0.2) is 35.3 Å². The summed E-state index contributed by atoms with van der Waals surface area (Å²) in [5.41, 5.74) is 1.34. The number of nitrogens with zero attached hydrogens (tertiary/aromatic N) is 1. The predicted molar refractivity (Wildman–Crippen MR) is 61.2 cm³/mol. The molecule has 1 aliphatic carbocycles. The lowest BCUT2D eigenvalue weighted by Gasteiger charge is -2.06. The molecule has 0 aliphatic heterocycles. The number of hydrogen-bond acceptors (Lipinski definition) is 1. The third-order valence-corrected chi connectivity index (χ3v) is 3.13. The molecular formula is C13H13NO. The van der Waals surface area contributed by atoms with Crippen LogP contribution in [0.3, 0.4) is 0 Å². The van der Waals surface area contributed by atoms with E-state index >= 15 is 0 Å². The van der Waals surface area contributed by atoms with Crippen molar-refractivity contribution in [2.45, 2.75) is 25.8 Å². The highest BCUT2D eigenvalue weighted by atomic mass is 16.1. The number of hydrogen-bond donors (Lipinski definition) is 0. The van der Waals surface area contributed by atoms with E-state index in [-0.39, 0.29) is 5.56 Å². The summed E-state index contributed by atoms with van der Waals surface area (Å²) in [4.78, 5) is 12.1. The zero-order chi connectivity index (χ0) is 10.4. The SMILES string of the molecule is Cc1cccc2c(=O)n(C3CC3)ccc12. The van der Waals surface area contributed by atoms with Crippen molar-refractivity contribution in [3.05, 3.63) is 46.4 Å². The molecule has 0 radical (unpaired) electrons. The van der Waals surface area contributed by atoms with Crippen LogP contribution in [0, 0.1) is 6.92 Å². The molecule has 0 N–H and O–H groups in total. The van der Waals surface area contributed by atoms with Crippen molar-refractivity contribution in [3.8, 4) is 0 Å². The molecule has 0 saturated heterocycles. The Bertz CT molecular complexity index is 579. The number of benzene rings is 1. The molecule has 1 aliphatic rings. The highest BCUT2D eigenvalue weighted by Crippen LogP contribution is 2.33. The molecule has 2 aromatic rings. The van der Waals surface area contributed by atoms with Gasteiger partial charge in [-0.1, -0.05) is 12.1 Å². The van der Waals surface area contributed by atoms with Gasteiger partial charge in [0.05, 0.1) is 0 Å². The van der Waals surface area contributed by atoms with E-state index in [1.807, 2.05) is 35.9 Å². The quantitative estimate of drug-likeness (QED) is 0.692. The number of aryl methyl sites for hydroxylation is 1. The van der Waals surface area contributed by atoms with Crippen molar-refractivity contribution in [1.29, 1.82) is 0 Å². The Labute approximate surface area is 88.2 Å². The Morgan fingerprint density at radius 3 is 2.73 bits per heavy atom. The number of pyridine rings is 1. The van der Waals surface area contributed by atoms with Crippen LogP contribution in [0.2, 0.25) is 0 Å². The van der Waals surface area contributed by atoms with E-state index in [1.54, 1.807) is 0 Å². The monoisotopic (exact) mass is 199 g/mol. The molecule has 0 atom stereocenters. The molecule has 0 spiro atoms. The second-order valence-electron chi connectivity index (χ2n) is 4.30. The maximum Gasteiger partial charge on any atom is 0.258 e. The van der Waals surface area contributed by atoms with Gasteiger partial charge in [-0.3, -0.25) is 4.79 Å². The Morgan fingerprint density at radius 1 is 1.20 bits per heavy atom. The molecule has 1 aromatic heterocycles. The van der Waals surface area contributed by atoms with E-state index in [4.69, 9.17) is 0 Å². The Kier molecular flexibility index (Phi) is 1.72. The topological polar surface area (TPSA) is 22.0 Å². The van der Waals surface area contributed by atoms with E-state index in [1.165, 1.54) is 5.56 Å². The van der Waals surface area contributed by atoms with E-state index in [2.05, 4.69) is 6.07 Å². The molecular weight excluding hydrogens is 186 g/mol. The molecule has 2 heteroatoms. The van der Waals surface area contributed by atoms with Crippen LogP contribution < -0.4 is 5.56 Å². The summed E-state index contributed by atoms with van der Waals surface area (Å²) in [5.74, 6) is 0. The molecule has 0 unspecified atom stereocenters. The highest BCUT2D eigenvalue weighted by molar-refractivity contribution is 5.84. The zero-order valence-electron chi connectivity index (χ0n) is 8.73. The van der Waals surface area contributed by atoms with Gasteiger partial charge in [-0.2, -0.15) is 0 Å². The summed E-state index contributed by atoms with van der Waals surface area (Å²) in [6, 6.07) is 8.44. The van der Waals surface area contributed by atoms with Gasteiger partial charge in [0.25, 0.3) is 5.56 Å². The van der Waals surface area contributed by atoms with Crippen LogP contribution in [0.4, 0.5) is 0 Å². The fourth-order valence-corrected chi connectivity index (χ4v) is 2.09. The van der Waals surface area contributed by atoms with Crippen LogP contribution >= 0.6 is 0 Å². The summed E-state index contributed by atoms with van der Waals surface area (Å²) in [6.45, 7) is 2.04. The summed E-state index contributed by atoms with van der Waals surface area (Å²) >= 11 is 0. The van der Waals surface area contributed by atoms with Crippen molar-refractivity contribution in [3.63, 3.8) is 0 Å². The maximum atomic E-state index is 12.1. The van der Waals surface area contributed by atoms with E-state index < -0.39 is 0 Å². The minimum absolute atomic E-state index is 0.165. The van der Waals surface area contributed by atoms with Gasteiger partial charge in [0.2, 0.25) is 0 Å². The second-order valence-corrected chi connectivity index (χ2v) is 4.30. The fraction of sp³-hybridized carbons (Fsp3) is 0.308. The fourth-order valence-electron chi connectivity index (χ4n) is 2.09. The van der Waals surface area contributed by atoms with Crippen molar-refractivity contribution >= 4 is 10.8 Å². The third-order valence-electron chi connectivity index (χ3n) is 3.13. The smallest absolute Gasteiger partial charge is 0.258 e. The minimum Gasteiger partial charge on any atom is -0.312 e. The molecule has 3 rings (SSSR count). The Balaban J connectivity index is 2.37. The largest absolute Gasteiger partial charge is 0.312 e. The normalized spacial score (nSPS) is 15.8. The van der Waals surface area contributed by atoms with Gasteiger partial charge in [-0.05, 0) is 42.8 Å². The highest BCUT2D eigenvalue weighted by Gasteiger charge is 2.24. The van der Waals surface area contributed by atoms with E-state index in [0.29, 0.717) is 6.04 Å². The summed E-state index contributed by atoms with van der Waals surface area (Å²) in [5, 5.41) is 1.93. The molecule has 76 valence electrons. The van der Waals surface area contributed by atoms with Crippen molar-refractivity contribution < 1.29 is 0 Å². The first-order chi connectivity index (χ1) is 7.27. The lowest BCUT2D eigenvalue weighted by Crippen LogP contribution is -2.18. The molecule has 1 heterocycles. The van der Waals surface area contributed by atoms with Gasteiger partial charge in [0.15, 0.2) is 0 Å². The first-order valence-electron chi connectivity index (χ1n) is 5.38. The predicted octanol–water partition coefficient (Wildman–Crippen LogP) is 2.64. The van der Waals surface area contributed by atoms with Gasteiger partial charge in [0, 0.05) is 17.6 Å². The average molecular weight is 199 g/mol. The Hall–Kier alpha value is -1.57. The summed E-state index contributed by atoms with van der Waals surface area (Å²) < 4.78 is 1.88. The molecule has 1 fully saturated rings. The average Bonchev–Trinajstić information content (AvgIpc) is 3.03. The lowest BCUT2D eigenvalue weighted by atomic mass is 10.1. The molecule has 0 bridgehead atoms. The van der Waals surface area contributed by atoms with Crippen molar-refractivity contribution in [2.24, 2.45) is 0 Å². The standard InChI is InChI=1S/C13H13NO/c1-9-3-2-4-12-11(9)7-8-14(13(12)15)10-5-6-10/h2-4,7-8,10H,5-6H2,1H3.